The van der Waals surface area contributed by atoms with Crippen molar-refractivity contribution in [1.82, 2.24) is 20.9 Å². The Kier molecular flexibility index (Phi) is 17.1. The molecule has 0 aliphatic heterocycles. The number of rotatable bonds is 17. The molecule has 0 aromatic carbocycles. The Labute approximate surface area is 202 Å². The summed E-state index contributed by atoms with van der Waals surface area (Å²) in [5, 5.41) is 16.0. The molecule has 0 atom stereocenters. The maximum absolute atomic E-state index is 12.4. The van der Waals surface area contributed by atoms with Gasteiger partial charge in [0.1, 0.15) is 5.60 Å². The molecule has 0 aromatic rings. The first-order valence-electron chi connectivity index (χ1n) is 11.9. The summed E-state index contributed by atoms with van der Waals surface area (Å²) < 4.78 is 10.5. The largest absolute Gasteiger partial charge is 0.465 e. The molecule has 0 heterocycles. The van der Waals surface area contributed by atoms with Gasteiger partial charge >= 0.3 is 18.3 Å². The van der Waals surface area contributed by atoms with E-state index in [0.29, 0.717) is 45.3 Å². The molecule has 0 aliphatic rings. The molecule has 0 spiro atoms. The van der Waals surface area contributed by atoms with Crippen LogP contribution in [0.2, 0.25) is 0 Å². The summed E-state index contributed by atoms with van der Waals surface area (Å²) in [4.78, 5) is 47.8. The summed E-state index contributed by atoms with van der Waals surface area (Å²) in [6.07, 6.45) is 3.42. The molecule has 12 heteroatoms. The first-order chi connectivity index (χ1) is 16.0. The van der Waals surface area contributed by atoms with E-state index in [-0.39, 0.29) is 25.7 Å². The maximum atomic E-state index is 12.4. The van der Waals surface area contributed by atoms with Gasteiger partial charge in [-0.25, -0.2) is 14.4 Å². The minimum Gasteiger partial charge on any atom is -0.465 e. The van der Waals surface area contributed by atoms with Crippen molar-refractivity contribution in [3.63, 3.8) is 0 Å². The number of carbonyl (C=O) groups is 4. The number of carbonyl (C=O) groups excluding carboxylic acids is 3. The summed E-state index contributed by atoms with van der Waals surface area (Å²) in [6, 6.07) is 0. The van der Waals surface area contributed by atoms with Crippen LogP contribution >= 0.6 is 0 Å². The normalized spacial score (nSPS) is 10.8. The number of hydrogen-bond acceptors (Lipinski definition) is 7. The number of alkyl carbamates (subject to hydrolysis) is 1. The summed E-state index contributed by atoms with van der Waals surface area (Å²) in [7, 11) is 0. The molecule has 6 N–H and O–H groups in total. The first kappa shape index (κ1) is 31.2. The van der Waals surface area contributed by atoms with Gasteiger partial charge in [-0.3, -0.25) is 4.79 Å². The van der Waals surface area contributed by atoms with Crippen LogP contribution in [0.25, 0.3) is 0 Å². The number of unbranched alkanes of at least 4 members (excludes halogenated alkanes) is 4. The summed E-state index contributed by atoms with van der Waals surface area (Å²) >= 11 is 0. The van der Waals surface area contributed by atoms with Crippen molar-refractivity contribution in [1.29, 1.82) is 0 Å². The highest BCUT2D eigenvalue weighted by molar-refractivity contribution is 5.76. The molecule has 0 rings (SSSR count). The second-order valence-corrected chi connectivity index (χ2v) is 8.80. The summed E-state index contributed by atoms with van der Waals surface area (Å²) in [5.41, 5.74) is 4.78. The number of nitrogens with two attached hydrogens (primary N) is 1. The van der Waals surface area contributed by atoms with E-state index in [1.165, 1.54) is 4.90 Å². The van der Waals surface area contributed by atoms with Gasteiger partial charge in [-0.1, -0.05) is 12.8 Å². The first-order valence-corrected chi connectivity index (χ1v) is 11.9. The van der Waals surface area contributed by atoms with Gasteiger partial charge in [0.25, 0.3) is 0 Å². The summed E-state index contributed by atoms with van der Waals surface area (Å²) in [6.45, 7) is 7.07. The number of hydrogen-bond donors (Lipinski definition) is 5. The highest BCUT2D eigenvalue weighted by Gasteiger charge is 2.21. The average Bonchev–Trinajstić information content (AvgIpc) is 2.73. The van der Waals surface area contributed by atoms with E-state index < -0.39 is 23.9 Å². The van der Waals surface area contributed by atoms with Crippen LogP contribution in [0.4, 0.5) is 14.4 Å². The molecule has 34 heavy (non-hydrogen) atoms. The van der Waals surface area contributed by atoms with Crippen molar-refractivity contribution in [3.05, 3.63) is 0 Å². The zero-order valence-corrected chi connectivity index (χ0v) is 20.8. The van der Waals surface area contributed by atoms with Crippen molar-refractivity contribution in [2.45, 2.75) is 77.7 Å². The van der Waals surface area contributed by atoms with E-state index in [4.69, 9.17) is 20.3 Å². The van der Waals surface area contributed by atoms with Crippen LogP contribution in [0, 0.1) is 0 Å². The molecular weight excluding hydrogens is 446 g/mol. The third-order valence-electron chi connectivity index (χ3n) is 4.46. The van der Waals surface area contributed by atoms with Gasteiger partial charge in [0.15, 0.2) is 0 Å². The third-order valence-corrected chi connectivity index (χ3v) is 4.46. The number of nitrogens with one attached hydrogen (secondary N) is 3. The monoisotopic (exact) mass is 489 g/mol. The van der Waals surface area contributed by atoms with Gasteiger partial charge in [-0.05, 0) is 59.4 Å². The van der Waals surface area contributed by atoms with Crippen LogP contribution in [0.5, 0.6) is 0 Å². The molecular formula is C22H43N5O7. The van der Waals surface area contributed by atoms with Gasteiger partial charge in [0, 0.05) is 26.1 Å². The number of amides is 4. The zero-order valence-electron chi connectivity index (χ0n) is 20.8. The smallest absolute Gasteiger partial charge is 0.410 e. The van der Waals surface area contributed by atoms with E-state index in [2.05, 4.69) is 16.0 Å². The van der Waals surface area contributed by atoms with E-state index in [0.717, 1.165) is 25.7 Å². The minimum atomic E-state index is -1.11. The van der Waals surface area contributed by atoms with Gasteiger partial charge in [-0.15, -0.1) is 0 Å². The van der Waals surface area contributed by atoms with Crippen LogP contribution in [-0.2, 0) is 14.3 Å². The predicted octanol–water partition coefficient (Wildman–Crippen LogP) is 2.37. The average molecular weight is 490 g/mol. The van der Waals surface area contributed by atoms with E-state index in [9.17, 15) is 19.2 Å². The molecule has 0 radical (unpaired) electrons. The van der Waals surface area contributed by atoms with Crippen LogP contribution in [0.15, 0.2) is 0 Å². The van der Waals surface area contributed by atoms with Gasteiger partial charge in [0.05, 0.1) is 13.3 Å². The lowest BCUT2D eigenvalue weighted by molar-refractivity contribution is -0.121. The van der Waals surface area contributed by atoms with Crippen molar-refractivity contribution < 1.29 is 33.8 Å². The van der Waals surface area contributed by atoms with Crippen LogP contribution in [0.3, 0.4) is 0 Å². The van der Waals surface area contributed by atoms with Crippen molar-refractivity contribution in [2.75, 3.05) is 39.5 Å². The molecule has 0 unspecified atom stereocenters. The minimum absolute atomic E-state index is 0.00271. The Bertz CT molecular complexity index is 611. The summed E-state index contributed by atoms with van der Waals surface area (Å²) in [5.74, 6) is -0.131. The predicted molar refractivity (Wildman–Crippen MR) is 127 cm³/mol. The van der Waals surface area contributed by atoms with Gasteiger partial charge in [-0.2, -0.15) is 0 Å². The second-order valence-electron chi connectivity index (χ2n) is 8.80. The molecule has 0 aliphatic carbocycles. The zero-order chi connectivity index (χ0) is 25.8. The lowest BCUT2D eigenvalue weighted by atomic mass is 10.1. The van der Waals surface area contributed by atoms with E-state index >= 15 is 0 Å². The lowest BCUT2D eigenvalue weighted by Gasteiger charge is -2.27. The van der Waals surface area contributed by atoms with Crippen LogP contribution in [-0.4, -0.2) is 79.2 Å². The highest BCUT2D eigenvalue weighted by Crippen LogP contribution is 2.11. The van der Waals surface area contributed by atoms with Crippen molar-refractivity contribution in [2.24, 2.45) is 5.73 Å². The topological polar surface area (TPSA) is 172 Å². The van der Waals surface area contributed by atoms with Gasteiger partial charge in [0.2, 0.25) is 5.91 Å². The third kappa shape index (κ3) is 19.9. The Hall–Kier alpha value is -2.76. The molecule has 4 amide bonds. The molecule has 12 nitrogen and oxygen atoms in total. The lowest BCUT2D eigenvalue weighted by Crippen LogP contribution is -2.39. The van der Waals surface area contributed by atoms with Crippen LogP contribution in [0.1, 0.15) is 72.1 Å². The molecule has 0 aromatic heterocycles. The Morgan fingerprint density at radius 1 is 0.882 bits per heavy atom. The Morgan fingerprint density at radius 2 is 1.56 bits per heavy atom. The van der Waals surface area contributed by atoms with E-state index in [1.54, 1.807) is 20.8 Å². The molecule has 0 saturated carbocycles. The fourth-order valence-electron chi connectivity index (χ4n) is 2.79. The molecule has 198 valence electrons. The SMILES string of the molecule is CC(C)(C)OC(=O)N(CCCCOC(=O)NCNC(=O)CCCCCCN)CCCNC(=O)O. The fourth-order valence-corrected chi connectivity index (χ4v) is 2.79. The highest BCUT2D eigenvalue weighted by atomic mass is 16.6. The maximum Gasteiger partial charge on any atom is 0.410 e. The van der Waals surface area contributed by atoms with Crippen molar-refractivity contribution >= 4 is 24.2 Å². The van der Waals surface area contributed by atoms with Gasteiger partial charge < -0.3 is 41.2 Å². The number of ether oxygens (including phenoxy) is 2. The Balaban J connectivity index is 4.06. The quantitative estimate of drug-likeness (QED) is 0.153. The molecule has 0 fully saturated rings. The molecule has 0 bridgehead atoms. The number of carboxylic acid groups (broad SMARTS) is 1. The second kappa shape index (κ2) is 18.6. The van der Waals surface area contributed by atoms with E-state index in [1.807, 2.05) is 0 Å². The fraction of sp³-hybridized carbons (Fsp3) is 0.818. The number of nitrogens with zero attached hydrogens (tertiary/aromatic N) is 1. The Morgan fingerprint density at radius 3 is 2.21 bits per heavy atom. The molecule has 0 saturated heterocycles. The standard InChI is InChI=1S/C22H43N5O7/c1-22(2,3)34-21(32)27(15-10-13-24-19(29)30)14-8-9-16-33-20(31)26-17-25-18(28)11-6-4-5-7-12-23/h24H,4-17,23H2,1-3H3,(H,25,28)(H,26,31)(H,29,30). The van der Waals surface area contributed by atoms with Crippen LogP contribution < -0.4 is 21.7 Å². The van der Waals surface area contributed by atoms with Crippen molar-refractivity contribution in [3.8, 4) is 0 Å².